The molecule has 3 nitrogen and oxygen atoms in total. The smallest absolute Gasteiger partial charge is 0.0785 e. The predicted molar refractivity (Wildman–Crippen MR) is 67.2 cm³/mol. The Morgan fingerprint density at radius 1 is 1.25 bits per heavy atom. The summed E-state index contributed by atoms with van der Waals surface area (Å²) < 4.78 is 1.78. The minimum absolute atomic E-state index is 0.651. The molecule has 0 amide bonds. The maximum absolute atomic E-state index is 6.00. The number of nitrogens with zero attached hydrogens (tertiary/aromatic N) is 2. The van der Waals surface area contributed by atoms with Gasteiger partial charge in [0.2, 0.25) is 0 Å². The Balaban J connectivity index is 1.87. The first kappa shape index (κ1) is 11.3. The zero-order valence-corrected chi connectivity index (χ0v) is 10.0. The van der Waals surface area contributed by atoms with Gasteiger partial charge in [0.15, 0.2) is 0 Å². The molecule has 84 valence electrons. The lowest BCUT2D eigenvalue weighted by Crippen LogP contribution is -2.10. The van der Waals surface area contributed by atoms with Crippen LogP contribution in [0, 0.1) is 0 Å². The Morgan fingerprint density at radius 3 is 2.75 bits per heavy atom. The third-order valence-corrected chi connectivity index (χ3v) is 2.66. The Bertz CT molecular complexity index is 468. The van der Waals surface area contributed by atoms with E-state index in [0.29, 0.717) is 5.02 Å². The summed E-state index contributed by atoms with van der Waals surface area (Å²) in [4.78, 5) is 0. The monoisotopic (exact) mass is 255 g/mol. The summed E-state index contributed by atoms with van der Waals surface area (Å²) in [5, 5.41) is 8.69. The highest BCUT2D eigenvalue weighted by Crippen LogP contribution is 2.19. The first-order valence-corrected chi connectivity index (χ1v) is 5.67. The van der Waals surface area contributed by atoms with Crippen LogP contribution in [0.5, 0.6) is 0 Å². The van der Waals surface area contributed by atoms with E-state index in [1.807, 2.05) is 24.3 Å². The summed E-state index contributed by atoms with van der Waals surface area (Å²) in [6, 6.07) is 7.65. The van der Waals surface area contributed by atoms with Gasteiger partial charge in [-0.3, -0.25) is 4.68 Å². The molecular weight excluding hydrogens is 245 g/mol. The molecule has 0 bridgehead atoms. The van der Waals surface area contributed by atoms with Crippen molar-refractivity contribution in [2.24, 2.45) is 0 Å². The second-order valence-electron chi connectivity index (χ2n) is 3.33. The second-order valence-corrected chi connectivity index (χ2v) is 4.17. The van der Waals surface area contributed by atoms with Gasteiger partial charge in [-0.05, 0) is 12.1 Å². The zero-order valence-electron chi connectivity index (χ0n) is 8.53. The van der Waals surface area contributed by atoms with Crippen molar-refractivity contribution < 1.29 is 0 Å². The fourth-order valence-electron chi connectivity index (χ4n) is 1.37. The van der Waals surface area contributed by atoms with E-state index in [2.05, 4.69) is 10.4 Å². The highest BCUT2D eigenvalue weighted by molar-refractivity contribution is 6.33. The molecule has 2 aromatic rings. The summed E-state index contributed by atoms with van der Waals surface area (Å²) in [7, 11) is 0. The highest BCUT2D eigenvalue weighted by Gasteiger charge is 1.98. The molecule has 1 heterocycles. The predicted octanol–water partition coefficient (Wildman–Crippen LogP) is 3.30. The van der Waals surface area contributed by atoms with Crippen LogP contribution < -0.4 is 5.32 Å². The van der Waals surface area contributed by atoms with Crippen molar-refractivity contribution >= 4 is 28.9 Å². The van der Waals surface area contributed by atoms with Crippen molar-refractivity contribution in [2.75, 3.05) is 11.9 Å². The normalized spacial score (nSPS) is 10.4. The van der Waals surface area contributed by atoms with Crippen LogP contribution in [0.2, 0.25) is 10.0 Å². The van der Waals surface area contributed by atoms with E-state index >= 15 is 0 Å². The molecule has 1 N–H and O–H groups in total. The molecule has 0 spiro atoms. The van der Waals surface area contributed by atoms with E-state index in [1.54, 1.807) is 17.1 Å². The van der Waals surface area contributed by atoms with Gasteiger partial charge in [0.25, 0.3) is 0 Å². The van der Waals surface area contributed by atoms with Crippen molar-refractivity contribution in [2.45, 2.75) is 6.54 Å². The van der Waals surface area contributed by atoms with Crippen LogP contribution in [0.25, 0.3) is 0 Å². The van der Waals surface area contributed by atoms with E-state index in [9.17, 15) is 0 Å². The van der Waals surface area contributed by atoms with E-state index < -0.39 is 0 Å². The van der Waals surface area contributed by atoms with Crippen LogP contribution >= 0.6 is 23.2 Å². The van der Waals surface area contributed by atoms with E-state index in [0.717, 1.165) is 23.8 Å². The van der Waals surface area contributed by atoms with Gasteiger partial charge in [-0.1, -0.05) is 35.3 Å². The number of halogens is 2. The zero-order chi connectivity index (χ0) is 11.4. The molecule has 0 aliphatic heterocycles. The van der Waals surface area contributed by atoms with Crippen molar-refractivity contribution in [3.05, 3.63) is 46.7 Å². The van der Waals surface area contributed by atoms with Crippen molar-refractivity contribution in [1.82, 2.24) is 9.78 Å². The summed E-state index contributed by atoms with van der Waals surface area (Å²) in [6.45, 7) is 1.50. The van der Waals surface area contributed by atoms with Crippen LogP contribution in [0.15, 0.2) is 36.7 Å². The first-order chi connectivity index (χ1) is 7.75. The fourth-order valence-corrected chi connectivity index (χ4v) is 1.73. The van der Waals surface area contributed by atoms with Gasteiger partial charge < -0.3 is 5.32 Å². The lowest BCUT2D eigenvalue weighted by Gasteiger charge is -2.07. The van der Waals surface area contributed by atoms with Crippen LogP contribution in [0.3, 0.4) is 0 Å². The molecule has 5 heteroatoms. The summed E-state index contributed by atoms with van der Waals surface area (Å²) in [5.74, 6) is 0. The number of aromatic nitrogens is 2. The molecule has 0 saturated heterocycles. The molecule has 1 aromatic carbocycles. The lowest BCUT2D eigenvalue weighted by atomic mass is 10.3. The molecule has 0 radical (unpaired) electrons. The van der Waals surface area contributed by atoms with Gasteiger partial charge in [0.1, 0.15) is 0 Å². The summed E-state index contributed by atoms with van der Waals surface area (Å²) in [6.07, 6.45) is 3.41. The third kappa shape index (κ3) is 2.90. The molecule has 1 aromatic heterocycles. The molecule has 0 atom stereocenters. The topological polar surface area (TPSA) is 29.9 Å². The van der Waals surface area contributed by atoms with Crippen molar-refractivity contribution in [3.8, 4) is 0 Å². The van der Waals surface area contributed by atoms with Crippen LogP contribution in [0.1, 0.15) is 0 Å². The van der Waals surface area contributed by atoms with Gasteiger partial charge in [-0.2, -0.15) is 5.10 Å². The van der Waals surface area contributed by atoms with E-state index in [4.69, 9.17) is 23.2 Å². The second kappa shape index (κ2) is 5.23. The molecule has 0 saturated carbocycles. The Hall–Kier alpha value is -1.19. The number of hydrogen-bond acceptors (Lipinski definition) is 2. The third-order valence-electron chi connectivity index (χ3n) is 2.13. The Labute approximate surface area is 104 Å². The molecule has 0 aliphatic carbocycles. The molecule has 0 unspecified atom stereocenters. The quantitative estimate of drug-likeness (QED) is 0.909. The van der Waals surface area contributed by atoms with E-state index in [-0.39, 0.29) is 0 Å². The Morgan fingerprint density at radius 2 is 2.06 bits per heavy atom. The highest BCUT2D eigenvalue weighted by atomic mass is 35.5. The molecule has 16 heavy (non-hydrogen) atoms. The molecular formula is C11H11Cl2N3. The fraction of sp³-hybridized carbons (Fsp3) is 0.182. The van der Waals surface area contributed by atoms with Crippen molar-refractivity contribution in [1.29, 1.82) is 0 Å². The minimum atomic E-state index is 0.651. The molecule has 0 aliphatic rings. The molecule has 2 rings (SSSR count). The van der Waals surface area contributed by atoms with Crippen molar-refractivity contribution in [3.63, 3.8) is 0 Å². The average Bonchev–Trinajstić information content (AvgIpc) is 2.67. The lowest BCUT2D eigenvalue weighted by molar-refractivity contribution is 0.638. The largest absolute Gasteiger partial charge is 0.382 e. The van der Waals surface area contributed by atoms with E-state index in [1.165, 1.54) is 0 Å². The van der Waals surface area contributed by atoms with Gasteiger partial charge in [0, 0.05) is 12.7 Å². The van der Waals surface area contributed by atoms with Gasteiger partial charge >= 0.3 is 0 Å². The maximum Gasteiger partial charge on any atom is 0.0785 e. The number of para-hydroxylation sites is 1. The van der Waals surface area contributed by atoms with Crippen LogP contribution in [0.4, 0.5) is 5.69 Å². The van der Waals surface area contributed by atoms with Gasteiger partial charge in [-0.25, -0.2) is 0 Å². The number of anilines is 1. The molecule has 0 fully saturated rings. The first-order valence-electron chi connectivity index (χ1n) is 4.92. The summed E-state index contributed by atoms with van der Waals surface area (Å²) >= 11 is 11.8. The average molecular weight is 256 g/mol. The van der Waals surface area contributed by atoms with Gasteiger partial charge in [0.05, 0.1) is 28.5 Å². The number of hydrogen-bond donors (Lipinski definition) is 1. The number of nitrogens with one attached hydrogen (secondary N) is 1. The standard InChI is InChI=1S/C11H11Cl2N3/c12-9-7-15-16(8-9)6-5-14-11-4-2-1-3-10(11)13/h1-4,7-8,14H,5-6H2. The van der Waals surface area contributed by atoms with Gasteiger partial charge in [-0.15, -0.1) is 0 Å². The maximum atomic E-state index is 6.00. The summed E-state index contributed by atoms with van der Waals surface area (Å²) in [5.41, 5.74) is 0.933. The number of rotatable bonds is 4. The van der Waals surface area contributed by atoms with Crippen LogP contribution in [-0.2, 0) is 6.54 Å². The minimum Gasteiger partial charge on any atom is -0.382 e. The van der Waals surface area contributed by atoms with Crippen LogP contribution in [-0.4, -0.2) is 16.3 Å². The number of benzene rings is 1. The SMILES string of the molecule is Clc1cnn(CCNc2ccccc2Cl)c1. The Kier molecular flexibility index (Phi) is 3.70.